The Morgan fingerprint density at radius 1 is 1.09 bits per heavy atom. The molecule has 9 nitrogen and oxygen atoms in total. The van der Waals surface area contributed by atoms with Crippen molar-refractivity contribution in [2.45, 2.75) is 52.7 Å². The highest BCUT2D eigenvalue weighted by Gasteiger charge is 2.16. The summed E-state index contributed by atoms with van der Waals surface area (Å²) in [6, 6.07) is 7.76. The van der Waals surface area contributed by atoms with E-state index >= 15 is 0 Å². The summed E-state index contributed by atoms with van der Waals surface area (Å²) in [5.74, 6) is 1.34. The molecule has 0 saturated heterocycles. The maximum atomic E-state index is 11.7. The Morgan fingerprint density at radius 2 is 1.81 bits per heavy atom. The molecule has 2 N–H and O–H groups in total. The van der Waals surface area contributed by atoms with Crippen LogP contribution in [-0.2, 0) is 11.3 Å². The number of unbranched alkanes of at least 4 members (excludes halogenated alkanes) is 1. The second-order valence-electron chi connectivity index (χ2n) is 8.39. The number of ether oxygens (including phenoxy) is 2. The first kappa shape index (κ1) is 23.3. The Morgan fingerprint density at radius 3 is 2.47 bits per heavy atom. The monoisotopic (exact) mass is 440 g/mol. The van der Waals surface area contributed by atoms with Gasteiger partial charge in [-0.05, 0) is 64.8 Å². The number of anilines is 1. The topological polar surface area (TPSA) is 103 Å². The van der Waals surface area contributed by atoms with Crippen LogP contribution in [-0.4, -0.2) is 51.4 Å². The molecule has 2 aromatic heterocycles. The van der Waals surface area contributed by atoms with Crippen molar-refractivity contribution in [3.05, 3.63) is 30.6 Å². The number of hydrogen-bond acceptors (Lipinski definition) is 7. The summed E-state index contributed by atoms with van der Waals surface area (Å²) in [5.41, 5.74) is 2.79. The first-order valence-electron chi connectivity index (χ1n) is 10.9. The van der Waals surface area contributed by atoms with Crippen LogP contribution in [0.3, 0.4) is 0 Å². The summed E-state index contributed by atoms with van der Waals surface area (Å²) in [6.07, 6.45) is 3.06. The molecule has 1 amide bonds. The van der Waals surface area contributed by atoms with Crippen LogP contribution in [0.25, 0.3) is 22.4 Å². The van der Waals surface area contributed by atoms with E-state index < -0.39 is 11.7 Å². The largest absolute Gasteiger partial charge is 0.497 e. The number of nitrogens with zero attached hydrogens (tertiary/aromatic N) is 4. The Bertz CT molecular complexity index is 1040. The predicted octanol–water partition coefficient (Wildman–Crippen LogP) is 4.24. The highest BCUT2D eigenvalue weighted by Crippen LogP contribution is 2.28. The van der Waals surface area contributed by atoms with Crippen molar-refractivity contribution in [2.24, 2.45) is 0 Å². The van der Waals surface area contributed by atoms with Crippen molar-refractivity contribution in [3.63, 3.8) is 0 Å². The van der Waals surface area contributed by atoms with E-state index in [-0.39, 0.29) is 0 Å². The van der Waals surface area contributed by atoms with Crippen LogP contribution in [0.4, 0.5) is 10.7 Å². The lowest BCUT2D eigenvalue weighted by Gasteiger charge is -2.19. The van der Waals surface area contributed by atoms with Gasteiger partial charge in [0.1, 0.15) is 22.6 Å². The first-order valence-corrected chi connectivity index (χ1v) is 10.9. The number of rotatable bonds is 9. The van der Waals surface area contributed by atoms with Crippen LogP contribution in [0, 0.1) is 0 Å². The number of methoxy groups -OCH3 is 1. The van der Waals surface area contributed by atoms with E-state index in [1.165, 1.54) is 0 Å². The normalized spacial score (nSPS) is 11.4. The van der Waals surface area contributed by atoms with E-state index in [4.69, 9.17) is 14.5 Å². The number of aryl methyl sites for hydroxylation is 1. The summed E-state index contributed by atoms with van der Waals surface area (Å²) < 4.78 is 12.5. The highest BCUT2D eigenvalue weighted by molar-refractivity contribution is 5.88. The molecular formula is C23H32N6O3. The standard InChI is InChI=1S/C23H32N6O3/c1-6-29-15-26-19-18(16-9-11-17(31-5)12-10-16)27-21(28-20(19)29)24-13-7-8-14-25-22(30)32-23(2,3)4/h9-12,15H,6-8,13-14H2,1-5H3,(H,25,30)(H,24,27,28). The molecule has 0 aliphatic rings. The summed E-state index contributed by atoms with van der Waals surface area (Å²) in [7, 11) is 1.64. The van der Waals surface area contributed by atoms with Gasteiger partial charge < -0.3 is 24.7 Å². The van der Waals surface area contributed by atoms with Crippen molar-refractivity contribution < 1.29 is 14.3 Å². The number of nitrogens with one attached hydrogen (secondary N) is 2. The van der Waals surface area contributed by atoms with Gasteiger partial charge in [-0.15, -0.1) is 0 Å². The molecule has 0 unspecified atom stereocenters. The fourth-order valence-corrected chi connectivity index (χ4v) is 3.16. The lowest BCUT2D eigenvalue weighted by atomic mass is 10.1. The molecule has 3 rings (SSSR count). The van der Waals surface area contributed by atoms with Crippen molar-refractivity contribution in [2.75, 3.05) is 25.5 Å². The van der Waals surface area contributed by atoms with Crippen LogP contribution in [0.5, 0.6) is 5.75 Å². The van der Waals surface area contributed by atoms with E-state index in [1.54, 1.807) is 13.4 Å². The number of carbonyl (C=O) groups excluding carboxylic acids is 1. The van der Waals surface area contributed by atoms with E-state index in [1.807, 2.05) is 49.6 Å². The molecule has 0 atom stereocenters. The third-order valence-electron chi connectivity index (χ3n) is 4.72. The SMILES string of the molecule is CCn1cnc2c(-c3ccc(OC)cc3)nc(NCCCCNC(=O)OC(C)(C)C)nc21. The molecule has 0 spiro atoms. The van der Waals surface area contributed by atoms with E-state index in [0.717, 1.165) is 47.6 Å². The van der Waals surface area contributed by atoms with Gasteiger partial charge in [0, 0.05) is 25.2 Å². The van der Waals surface area contributed by atoms with Crippen molar-refractivity contribution in [1.82, 2.24) is 24.8 Å². The van der Waals surface area contributed by atoms with E-state index in [9.17, 15) is 4.79 Å². The molecule has 1 aromatic carbocycles. The molecule has 172 valence electrons. The smallest absolute Gasteiger partial charge is 0.407 e. The molecule has 0 aliphatic carbocycles. The second kappa shape index (κ2) is 10.3. The van der Waals surface area contributed by atoms with Crippen LogP contribution in [0.15, 0.2) is 30.6 Å². The Balaban J connectivity index is 1.64. The molecule has 0 fully saturated rings. The number of hydrogen-bond donors (Lipinski definition) is 2. The molecule has 0 bridgehead atoms. The second-order valence-corrected chi connectivity index (χ2v) is 8.39. The Kier molecular flexibility index (Phi) is 7.50. The first-order chi connectivity index (χ1) is 15.3. The number of benzene rings is 1. The van der Waals surface area contributed by atoms with E-state index in [2.05, 4.69) is 27.5 Å². The molecular weight excluding hydrogens is 408 g/mol. The number of aromatic nitrogens is 4. The molecule has 0 aliphatic heterocycles. The zero-order chi connectivity index (χ0) is 23.1. The summed E-state index contributed by atoms with van der Waals surface area (Å²) in [5, 5.41) is 6.08. The minimum atomic E-state index is -0.492. The zero-order valence-corrected chi connectivity index (χ0v) is 19.4. The van der Waals surface area contributed by atoms with Crippen LogP contribution in [0.2, 0.25) is 0 Å². The molecule has 9 heteroatoms. The molecule has 32 heavy (non-hydrogen) atoms. The average Bonchev–Trinajstić information content (AvgIpc) is 3.17. The van der Waals surface area contributed by atoms with Gasteiger partial charge in [-0.3, -0.25) is 0 Å². The lowest BCUT2D eigenvalue weighted by molar-refractivity contribution is 0.0527. The van der Waals surface area contributed by atoms with Gasteiger partial charge in [-0.2, -0.15) is 4.98 Å². The third-order valence-corrected chi connectivity index (χ3v) is 4.72. The van der Waals surface area contributed by atoms with Crippen molar-refractivity contribution in [3.8, 4) is 17.0 Å². The van der Waals surface area contributed by atoms with Gasteiger partial charge >= 0.3 is 6.09 Å². The molecule has 0 saturated carbocycles. The quantitative estimate of drug-likeness (QED) is 0.480. The molecule has 0 radical (unpaired) electrons. The summed E-state index contributed by atoms with van der Waals surface area (Å²) in [6.45, 7) is 9.60. The fraction of sp³-hybridized carbons (Fsp3) is 0.478. The van der Waals surface area contributed by atoms with Crippen molar-refractivity contribution in [1.29, 1.82) is 0 Å². The van der Waals surface area contributed by atoms with Gasteiger partial charge in [0.2, 0.25) is 5.95 Å². The number of imidazole rings is 1. The van der Waals surface area contributed by atoms with Crippen LogP contribution in [0.1, 0.15) is 40.5 Å². The minimum Gasteiger partial charge on any atom is -0.497 e. The van der Waals surface area contributed by atoms with Crippen LogP contribution < -0.4 is 15.4 Å². The number of carbonyl (C=O) groups is 1. The zero-order valence-electron chi connectivity index (χ0n) is 19.4. The fourth-order valence-electron chi connectivity index (χ4n) is 3.16. The predicted molar refractivity (Wildman–Crippen MR) is 125 cm³/mol. The third kappa shape index (κ3) is 6.09. The van der Waals surface area contributed by atoms with Gasteiger partial charge in [-0.1, -0.05) is 0 Å². The Hall–Kier alpha value is -3.36. The number of amides is 1. The Labute approximate surface area is 188 Å². The maximum absolute atomic E-state index is 11.7. The van der Waals surface area contributed by atoms with E-state index in [0.29, 0.717) is 19.0 Å². The van der Waals surface area contributed by atoms with Gasteiger partial charge in [0.15, 0.2) is 5.65 Å². The summed E-state index contributed by atoms with van der Waals surface area (Å²) >= 11 is 0. The molecule has 2 heterocycles. The maximum Gasteiger partial charge on any atom is 0.407 e. The lowest BCUT2D eigenvalue weighted by Crippen LogP contribution is -2.33. The minimum absolute atomic E-state index is 0.392. The number of fused-ring (bicyclic) bond motifs is 1. The summed E-state index contributed by atoms with van der Waals surface area (Å²) in [4.78, 5) is 25.6. The van der Waals surface area contributed by atoms with Gasteiger partial charge in [-0.25, -0.2) is 14.8 Å². The van der Waals surface area contributed by atoms with Crippen LogP contribution >= 0.6 is 0 Å². The van der Waals surface area contributed by atoms with Gasteiger partial charge in [0.25, 0.3) is 0 Å². The van der Waals surface area contributed by atoms with Crippen molar-refractivity contribution >= 4 is 23.2 Å². The van der Waals surface area contributed by atoms with Gasteiger partial charge in [0.05, 0.1) is 13.4 Å². The number of alkyl carbamates (subject to hydrolysis) is 1. The molecule has 3 aromatic rings. The average molecular weight is 441 g/mol. The highest BCUT2D eigenvalue weighted by atomic mass is 16.6.